The summed E-state index contributed by atoms with van der Waals surface area (Å²) in [4.78, 5) is 23.3. The Bertz CT molecular complexity index is 723. The van der Waals surface area contributed by atoms with Gasteiger partial charge in [-0.1, -0.05) is 18.2 Å². The van der Waals surface area contributed by atoms with Crippen molar-refractivity contribution >= 4 is 23.3 Å². The number of nitrogens with two attached hydrogens (primary N) is 1. The average Bonchev–Trinajstić information content (AvgIpc) is 2.74. The number of hydrogen-bond acceptors (Lipinski definition) is 4. The van der Waals surface area contributed by atoms with E-state index >= 15 is 0 Å². The minimum absolute atomic E-state index is 0.0528. The normalized spacial score (nSPS) is 17.7. The number of carboxylic acids is 1. The van der Waals surface area contributed by atoms with Gasteiger partial charge in [-0.25, -0.2) is 4.79 Å². The number of rotatable bonds is 2. The Balaban J connectivity index is 1.92. The monoisotopic (exact) mass is 286 g/mol. The molecule has 1 amide bonds. The molecular formula is C14H14N4O3. The number of anilines is 2. The summed E-state index contributed by atoms with van der Waals surface area (Å²) in [5, 5.41) is 15.7. The van der Waals surface area contributed by atoms with Crippen LogP contribution in [0.1, 0.15) is 28.5 Å². The first-order valence-electron chi connectivity index (χ1n) is 6.53. The van der Waals surface area contributed by atoms with Gasteiger partial charge in [0.15, 0.2) is 5.69 Å². The molecule has 3 rings (SSSR count). The van der Waals surface area contributed by atoms with Crippen molar-refractivity contribution in [1.82, 2.24) is 9.78 Å². The van der Waals surface area contributed by atoms with Crippen LogP contribution in [-0.4, -0.2) is 26.8 Å². The average molecular weight is 286 g/mol. The number of benzene rings is 1. The first kappa shape index (κ1) is 13.2. The van der Waals surface area contributed by atoms with E-state index in [9.17, 15) is 9.59 Å². The molecule has 21 heavy (non-hydrogen) atoms. The lowest BCUT2D eigenvalue weighted by Gasteiger charge is -2.13. The maximum atomic E-state index is 12.3. The second-order valence-corrected chi connectivity index (χ2v) is 4.92. The van der Waals surface area contributed by atoms with E-state index in [4.69, 9.17) is 10.8 Å². The molecule has 1 aromatic carbocycles. The number of aromatic nitrogens is 2. The highest BCUT2D eigenvalue weighted by atomic mass is 16.4. The van der Waals surface area contributed by atoms with Crippen LogP contribution in [0.25, 0.3) is 0 Å². The number of carbonyl (C=O) groups is 2. The molecule has 0 spiro atoms. The number of hydrogen-bond donors (Lipinski definition) is 3. The van der Waals surface area contributed by atoms with E-state index in [1.807, 2.05) is 24.3 Å². The van der Waals surface area contributed by atoms with Crippen molar-refractivity contribution in [2.75, 3.05) is 11.1 Å². The molecule has 1 aliphatic heterocycles. The van der Waals surface area contributed by atoms with Crippen molar-refractivity contribution < 1.29 is 14.7 Å². The quantitative estimate of drug-likeness (QED) is 0.770. The summed E-state index contributed by atoms with van der Waals surface area (Å²) in [6.07, 6.45) is 2.62. The van der Waals surface area contributed by atoms with Gasteiger partial charge in [-0.2, -0.15) is 5.10 Å². The van der Waals surface area contributed by atoms with Crippen LogP contribution < -0.4 is 11.1 Å². The number of para-hydroxylation sites is 1. The number of amides is 1. The number of nitrogens with zero attached hydrogens (tertiary/aromatic N) is 2. The van der Waals surface area contributed by atoms with Gasteiger partial charge in [0.25, 0.3) is 0 Å². The van der Waals surface area contributed by atoms with Gasteiger partial charge in [0.1, 0.15) is 6.04 Å². The summed E-state index contributed by atoms with van der Waals surface area (Å²) < 4.78 is 1.33. The van der Waals surface area contributed by atoms with E-state index in [0.717, 1.165) is 11.3 Å². The predicted molar refractivity (Wildman–Crippen MR) is 76.0 cm³/mol. The van der Waals surface area contributed by atoms with Crippen molar-refractivity contribution in [3.05, 3.63) is 41.7 Å². The number of aromatic carboxylic acids is 1. The van der Waals surface area contributed by atoms with E-state index in [2.05, 4.69) is 10.4 Å². The van der Waals surface area contributed by atoms with Crippen LogP contribution in [-0.2, 0) is 11.2 Å². The summed E-state index contributed by atoms with van der Waals surface area (Å²) >= 11 is 0. The predicted octanol–water partition coefficient (Wildman–Crippen LogP) is 1.29. The molecule has 0 saturated carbocycles. The molecule has 2 aromatic rings. The lowest BCUT2D eigenvalue weighted by Crippen LogP contribution is -2.25. The molecule has 0 saturated heterocycles. The molecule has 0 aliphatic carbocycles. The Hall–Kier alpha value is -2.83. The highest BCUT2D eigenvalue weighted by Crippen LogP contribution is 2.27. The zero-order valence-corrected chi connectivity index (χ0v) is 11.1. The lowest BCUT2D eigenvalue weighted by molar-refractivity contribution is -0.119. The van der Waals surface area contributed by atoms with Crippen molar-refractivity contribution in [3.63, 3.8) is 0 Å². The smallest absolute Gasteiger partial charge is 0.358 e. The van der Waals surface area contributed by atoms with Gasteiger partial charge in [-0.15, -0.1) is 0 Å². The molecule has 0 fully saturated rings. The van der Waals surface area contributed by atoms with Gasteiger partial charge >= 0.3 is 5.97 Å². The third-order valence-corrected chi connectivity index (χ3v) is 3.55. The summed E-state index contributed by atoms with van der Waals surface area (Å²) in [7, 11) is 0. The fourth-order valence-electron chi connectivity index (χ4n) is 2.48. The second kappa shape index (κ2) is 4.93. The summed E-state index contributed by atoms with van der Waals surface area (Å²) in [5.41, 5.74) is 7.27. The van der Waals surface area contributed by atoms with Crippen molar-refractivity contribution in [2.45, 2.75) is 18.9 Å². The van der Waals surface area contributed by atoms with Gasteiger partial charge in [0, 0.05) is 11.9 Å². The van der Waals surface area contributed by atoms with E-state index < -0.39 is 12.0 Å². The van der Waals surface area contributed by atoms with Crippen LogP contribution >= 0.6 is 0 Å². The number of nitrogens with one attached hydrogen (secondary N) is 1. The Kier molecular flexibility index (Phi) is 3.09. The van der Waals surface area contributed by atoms with Gasteiger partial charge in [-0.3, -0.25) is 9.48 Å². The second-order valence-electron chi connectivity index (χ2n) is 4.92. The van der Waals surface area contributed by atoms with Gasteiger partial charge in [0.2, 0.25) is 5.91 Å². The summed E-state index contributed by atoms with van der Waals surface area (Å²) in [6.45, 7) is 0. The van der Waals surface area contributed by atoms with Crippen molar-refractivity contribution in [1.29, 1.82) is 0 Å². The number of carboxylic acid groups (broad SMARTS) is 1. The number of nitrogen functional groups attached to an aromatic ring is 1. The molecule has 7 heteroatoms. The van der Waals surface area contributed by atoms with Crippen LogP contribution in [0.5, 0.6) is 0 Å². The van der Waals surface area contributed by atoms with E-state index in [1.54, 1.807) is 0 Å². The zero-order chi connectivity index (χ0) is 15.0. The number of fused-ring (bicyclic) bond motifs is 1. The van der Waals surface area contributed by atoms with Crippen LogP contribution in [0.3, 0.4) is 0 Å². The van der Waals surface area contributed by atoms with E-state index in [0.29, 0.717) is 12.8 Å². The molecule has 0 radical (unpaired) electrons. The molecule has 7 nitrogen and oxygen atoms in total. The van der Waals surface area contributed by atoms with Crippen LogP contribution in [0, 0.1) is 0 Å². The van der Waals surface area contributed by atoms with Crippen LogP contribution in [0.2, 0.25) is 0 Å². The highest BCUT2D eigenvalue weighted by molar-refractivity contribution is 5.95. The third-order valence-electron chi connectivity index (χ3n) is 3.55. The molecule has 0 bridgehead atoms. The fraction of sp³-hybridized carbons (Fsp3) is 0.214. The van der Waals surface area contributed by atoms with Crippen LogP contribution in [0.4, 0.5) is 11.4 Å². The Morgan fingerprint density at radius 3 is 2.90 bits per heavy atom. The van der Waals surface area contributed by atoms with E-state index in [-0.39, 0.29) is 17.3 Å². The van der Waals surface area contributed by atoms with Crippen molar-refractivity contribution in [3.8, 4) is 0 Å². The minimum atomic E-state index is -1.21. The Labute approximate surface area is 120 Å². The molecule has 1 aromatic heterocycles. The molecule has 108 valence electrons. The number of aryl methyl sites for hydroxylation is 1. The summed E-state index contributed by atoms with van der Waals surface area (Å²) in [6, 6.07) is 6.99. The van der Waals surface area contributed by atoms with E-state index in [1.165, 1.54) is 10.9 Å². The SMILES string of the molecule is Nc1cn(C2CCc3ccccc3NC2=O)nc1C(=O)O. The largest absolute Gasteiger partial charge is 0.476 e. The van der Waals surface area contributed by atoms with Gasteiger partial charge < -0.3 is 16.2 Å². The van der Waals surface area contributed by atoms with Crippen LogP contribution in [0.15, 0.2) is 30.5 Å². The number of carbonyl (C=O) groups excluding carboxylic acids is 1. The molecule has 2 heterocycles. The van der Waals surface area contributed by atoms with Gasteiger partial charge in [-0.05, 0) is 24.5 Å². The first-order chi connectivity index (χ1) is 10.1. The van der Waals surface area contributed by atoms with Crippen molar-refractivity contribution in [2.24, 2.45) is 0 Å². The maximum absolute atomic E-state index is 12.3. The first-order valence-corrected chi connectivity index (χ1v) is 6.53. The maximum Gasteiger partial charge on any atom is 0.358 e. The molecule has 1 atom stereocenters. The zero-order valence-electron chi connectivity index (χ0n) is 11.1. The lowest BCUT2D eigenvalue weighted by atomic mass is 10.1. The standard InChI is InChI=1S/C14H14N4O3/c15-9-7-18(17-12(9)14(20)21)11-6-5-8-3-1-2-4-10(8)16-13(11)19/h1-4,7,11H,5-6,15H2,(H,16,19)(H,20,21). The molecule has 4 N–H and O–H groups in total. The Morgan fingerprint density at radius 2 is 2.19 bits per heavy atom. The summed E-state index contributed by atoms with van der Waals surface area (Å²) in [5.74, 6) is -1.43. The molecule has 1 unspecified atom stereocenters. The minimum Gasteiger partial charge on any atom is -0.476 e. The third kappa shape index (κ3) is 2.33. The van der Waals surface area contributed by atoms with Gasteiger partial charge in [0.05, 0.1) is 5.69 Å². The fourth-order valence-corrected chi connectivity index (χ4v) is 2.48. The molecular weight excluding hydrogens is 272 g/mol. The highest BCUT2D eigenvalue weighted by Gasteiger charge is 2.27. The molecule has 1 aliphatic rings. The topological polar surface area (TPSA) is 110 Å². The Morgan fingerprint density at radius 1 is 1.43 bits per heavy atom.